The standard InChI is InChI=1S/C19H23F2N5OS/c1-12(17(27)22-16-8-5-13(20)11-15(16)21)28-19-24-23-18(26(19)14-6-7-14)25-9-3-2-4-10-25/h5,8,11-12,14H,2-4,6-7,9-10H2,1H3,(H,22,27). The van der Waals surface area contributed by atoms with Gasteiger partial charge in [-0.05, 0) is 51.2 Å². The van der Waals surface area contributed by atoms with Crippen molar-refractivity contribution in [3.8, 4) is 0 Å². The van der Waals surface area contributed by atoms with Crippen molar-refractivity contribution in [1.82, 2.24) is 14.8 Å². The molecule has 4 rings (SSSR count). The number of halogens is 2. The largest absolute Gasteiger partial charge is 0.341 e. The lowest BCUT2D eigenvalue weighted by Gasteiger charge is -2.28. The zero-order valence-electron chi connectivity index (χ0n) is 15.7. The van der Waals surface area contributed by atoms with Crippen LogP contribution in [0.5, 0.6) is 0 Å². The summed E-state index contributed by atoms with van der Waals surface area (Å²) < 4.78 is 29.0. The first-order valence-corrected chi connectivity index (χ1v) is 10.5. The maximum Gasteiger partial charge on any atom is 0.237 e. The number of carbonyl (C=O) groups excluding carboxylic acids is 1. The summed E-state index contributed by atoms with van der Waals surface area (Å²) in [6.07, 6.45) is 5.73. The molecule has 1 aliphatic carbocycles. The maximum atomic E-state index is 13.8. The molecule has 1 aliphatic heterocycles. The second-order valence-corrected chi connectivity index (χ2v) is 8.61. The van der Waals surface area contributed by atoms with Gasteiger partial charge in [-0.1, -0.05) is 11.8 Å². The van der Waals surface area contributed by atoms with Crippen LogP contribution in [0.15, 0.2) is 23.4 Å². The van der Waals surface area contributed by atoms with Crippen molar-refractivity contribution in [2.45, 2.75) is 55.5 Å². The van der Waals surface area contributed by atoms with Crippen molar-refractivity contribution in [3.63, 3.8) is 0 Å². The van der Waals surface area contributed by atoms with E-state index in [1.165, 1.54) is 24.2 Å². The molecule has 2 aromatic rings. The Labute approximate surface area is 166 Å². The third-order valence-corrected chi connectivity index (χ3v) is 6.09. The summed E-state index contributed by atoms with van der Waals surface area (Å²) in [5.74, 6) is -0.943. The lowest BCUT2D eigenvalue weighted by atomic mass is 10.1. The molecule has 28 heavy (non-hydrogen) atoms. The van der Waals surface area contributed by atoms with E-state index in [0.717, 1.165) is 56.9 Å². The second kappa shape index (κ2) is 8.06. The van der Waals surface area contributed by atoms with Crippen molar-refractivity contribution in [2.24, 2.45) is 0 Å². The van der Waals surface area contributed by atoms with E-state index < -0.39 is 16.9 Å². The first kappa shape index (κ1) is 19.2. The second-order valence-electron chi connectivity index (χ2n) is 7.30. The maximum absolute atomic E-state index is 13.8. The van der Waals surface area contributed by atoms with Gasteiger partial charge in [-0.25, -0.2) is 8.78 Å². The summed E-state index contributed by atoms with van der Waals surface area (Å²) in [4.78, 5) is 14.8. The quantitative estimate of drug-likeness (QED) is 0.734. The van der Waals surface area contributed by atoms with Crippen LogP contribution in [0.1, 0.15) is 45.1 Å². The number of aromatic nitrogens is 3. The van der Waals surface area contributed by atoms with Crippen LogP contribution >= 0.6 is 11.8 Å². The number of benzene rings is 1. The van der Waals surface area contributed by atoms with Gasteiger partial charge in [0.25, 0.3) is 0 Å². The lowest BCUT2D eigenvalue weighted by Crippen LogP contribution is -2.32. The summed E-state index contributed by atoms with van der Waals surface area (Å²) in [6, 6.07) is 3.48. The molecule has 1 saturated heterocycles. The van der Waals surface area contributed by atoms with Gasteiger partial charge in [-0.3, -0.25) is 9.36 Å². The Bertz CT molecular complexity index is 864. The minimum atomic E-state index is -0.793. The van der Waals surface area contributed by atoms with Gasteiger partial charge in [-0.2, -0.15) is 0 Å². The summed E-state index contributed by atoms with van der Waals surface area (Å²) in [6.45, 7) is 3.71. The molecule has 1 aromatic heterocycles. The summed E-state index contributed by atoms with van der Waals surface area (Å²) in [5, 5.41) is 11.5. The van der Waals surface area contributed by atoms with E-state index in [1.54, 1.807) is 6.92 Å². The van der Waals surface area contributed by atoms with Gasteiger partial charge < -0.3 is 10.2 Å². The fourth-order valence-electron chi connectivity index (χ4n) is 3.35. The van der Waals surface area contributed by atoms with Crippen LogP contribution in [0.2, 0.25) is 0 Å². The normalized spacial score (nSPS) is 18.2. The van der Waals surface area contributed by atoms with Crippen LogP contribution in [0.3, 0.4) is 0 Å². The van der Waals surface area contributed by atoms with Crippen LogP contribution in [0.25, 0.3) is 0 Å². The molecular weight excluding hydrogens is 384 g/mol. The summed E-state index contributed by atoms with van der Waals surface area (Å²) >= 11 is 1.31. The van der Waals surface area contributed by atoms with E-state index in [-0.39, 0.29) is 11.6 Å². The van der Waals surface area contributed by atoms with Gasteiger partial charge in [0, 0.05) is 25.2 Å². The molecular formula is C19H23F2N5OS. The number of amides is 1. The highest BCUT2D eigenvalue weighted by atomic mass is 32.2. The van der Waals surface area contributed by atoms with E-state index in [2.05, 4.69) is 25.0 Å². The Hall–Kier alpha value is -2.16. The number of anilines is 2. The topological polar surface area (TPSA) is 63.1 Å². The number of nitrogens with one attached hydrogen (secondary N) is 1. The third-order valence-electron chi connectivity index (χ3n) is 5.04. The van der Waals surface area contributed by atoms with Gasteiger partial charge in [0.2, 0.25) is 11.9 Å². The Morgan fingerprint density at radius 3 is 2.64 bits per heavy atom. The number of nitrogens with zero attached hydrogens (tertiary/aromatic N) is 4. The third kappa shape index (κ3) is 4.14. The fraction of sp³-hybridized carbons (Fsp3) is 0.526. The van der Waals surface area contributed by atoms with E-state index in [0.29, 0.717) is 11.2 Å². The van der Waals surface area contributed by atoms with Crippen LogP contribution in [0.4, 0.5) is 20.4 Å². The smallest absolute Gasteiger partial charge is 0.237 e. The molecule has 1 unspecified atom stereocenters. The molecule has 9 heteroatoms. The number of hydrogen-bond acceptors (Lipinski definition) is 5. The number of piperidine rings is 1. The Balaban J connectivity index is 1.47. The number of hydrogen-bond donors (Lipinski definition) is 1. The molecule has 1 atom stereocenters. The molecule has 2 aliphatic rings. The molecule has 1 aromatic carbocycles. The van der Waals surface area contributed by atoms with Crippen LogP contribution in [-0.4, -0.2) is 39.0 Å². The van der Waals surface area contributed by atoms with Crippen LogP contribution in [-0.2, 0) is 4.79 Å². The highest BCUT2D eigenvalue weighted by Crippen LogP contribution is 2.42. The van der Waals surface area contributed by atoms with Crippen LogP contribution in [0, 0.1) is 11.6 Å². The molecule has 1 N–H and O–H groups in total. The van der Waals surface area contributed by atoms with E-state index in [9.17, 15) is 13.6 Å². The average Bonchev–Trinajstić information content (AvgIpc) is 3.44. The number of thioether (sulfide) groups is 1. The lowest BCUT2D eigenvalue weighted by molar-refractivity contribution is -0.115. The van der Waals surface area contributed by atoms with Crippen molar-refractivity contribution in [2.75, 3.05) is 23.3 Å². The monoisotopic (exact) mass is 407 g/mol. The number of rotatable bonds is 6. The highest BCUT2D eigenvalue weighted by Gasteiger charge is 2.33. The first-order valence-electron chi connectivity index (χ1n) is 9.65. The Morgan fingerprint density at radius 2 is 1.96 bits per heavy atom. The van der Waals surface area contributed by atoms with Crippen molar-refractivity contribution in [3.05, 3.63) is 29.8 Å². The van der Waals surface area contributed by atoms with Crippen molar-refractivity contribution < 1.29 is 13.6 Å². The average molecular weight is 407 g/mol. The molecule has 1 saturated carbocycles. The minimum absolute atomic E-state index is 0.0310. The molecule has 150 valence electrons. The molecule has 0 radical (unpaired) electrons. The first-order chi connectivity index (χ1) is 13.5. The minimum Gasteiger partial charge on any atom is -0.341 e. The van der Waals surface area contributed by atoms with Gasteiger partial charge in [0.15, 0.2) is 5.16 Å². The van der Waals surface area contributed by atoms with Gasteiger partial charge in [-0.15, -0.1) is 10.2 Å². The Morgan fingerprint density at radius 1 is 1.21 bits per heavy atom. The van der Waals surface area contributed by atoms with Crippen molar-refractivity contribution >= 4 is 29.3 Å². The molecule has 0 bridgehead atoms. The van der Waals surface area contributed by atoms with Crippen LogP contribution < -0.4 is 10.2 Å². The SMILES string of the molecule is CC(Sc1nnc(N2CCCCC2)n1C1CC1)C(=O)Nc1ccc(F)cc1F. The zero-order valence-corrected chi connectivity index (χ0v) is 16.5. The van der Waals surface area contributed by atoms with Crippen molar-refractivity contribution in [1.29, 1.82) is 0 Å². The molecule has 2 heterocycles. The molecule has 2 fully saturated rings. The van der Waals surface area contributed by atoms with Gasteiger partial charge in [0.1, 0.15) is 11.6 Å². The van der Waals surface area contributed by atoms with E-state index >= 15 is 0 Å². The predicted molar refractivity (Wildman–Crippen MR) is 105 cm³/mol. The van der Waals surface area contributed by atoms with E-state index in [1.807, 2.05) is 0 Å². The zero-order chi connectivity index (χ0) is 19.7. The molecule has 1 amide bonds. The van der Waals surface area contributed by atoms with Gasteiger partial charge in [0.05, 0.1) is 10.9 Å². The summed E-state index contributed by atoms with van der Waals surface area (Å²) in [7, 11) is 0. The van der Waals surface area contributed by atoms with E-state index in [4.69, 9.17) is 0 Å². The fourth-order valence-corrected chi connectivity index (χ4v) is 4.26. The highest BCUT2D eigenvalue weighted by molar-refractivity contribution is 8.00. The van der Waals surface area contributed by atoms with Gasteiger partial charge >= 0.3 is 0 Å². The predicted octanol–water partition coefficient (Wildman–Crippen LogP) is 4.00. The summed E-state index contributed by atoms with van der Waals surface area (Å²) in [5.41, 5.74) is -0.0310. The number of carbonyl (C=O) groups is 1. The molecule has 0 spiro atoms. The molecule has 6 nitrogen and oxygen atoms in total. The Kier molecular flexibility index (Phi) is 5.52.